The second kappa shape index (κ2) is 4.19. The van der Waals surface area contributed by atoms with E-state index in [1.165, 1.54) is 0 Å². The molecule has 0 radical (unpaired) electrons. The van der Waals surface area contributed by atoms with E-state index in [4.69, 9.17) is 11.6 Å². The number of benzene rings is 1. The van der Waals surface area contributed by atoms with Crippen LogP contribution in [0.15, 0.2) is 29.3 Å². The molecule has 0 atom stereocenters. The largest absolute Gasteiger partial charge is 0.289 e. The molecule has 0 bridgehead atoms. The lowest BCUT2D eigenvalue weighted by atomic mass is 10.1. The predicted molar refractivity (Wildman–Crippen MR) is 54.8 cm³/mol. The number of halogens is 1. The van der Waals surface area contributed by atoms with Crippen molar-refractivity contribution in [2.45, 2.75) is 6.92 Å². The Balaban J connectivity index is 3.03. The highest BCUT2D eigenvalue weighted by atomic mass is 35.5. The number of rotatable bonds is 2. The molecule has 0 fully saturated rings. The fraction of sp³-hybridized carbons (Fsp3) is 0.200. The summed E-state index contributed by atoms with van der Waals surface area (Å²) < 4.78 is 0. The number of carbonyl (C=O) groups excluding carboxylic acids is 1. The number of carbonyl (C=O) groups is 1. The molecule has 0 spiro atoms. The van der Waals surface area contributed by atoms with Crippen molar-refractivity contribution in [3.05, 3.63) is 34.9 Å². The van der Waals surface area contributed by atoms with Crippen LogP contribution in [0.2, 0.25) is 5.02 Å². The van der Waals surface area contributed by atoms with Gasteiger partial charge in [0.25, 0.3) is 0 Å². The van der Waals surface area contributed by atoms with Crippen LogP contribution in [0.3, 0.4) is 0 Å². The molecular weight excluding hydrogens is 186 g/mol. The second-order valence-electron chi connectivity index (χ2n) is 2.65. The van der Waals surface area contributed by atoms with E-state index in [0.717, 1.165) is 0 Å². The molecule has 1 aromatic rings. The Morgan fingerprint density at radius 3 is 2.69 bits per heavy atom. The highest BCUT2D eigenvalue weighted by molar-refractivity contribution is 6.45. The third kappa shape index (κ3) is 2.39. The van der Waals surface area contributed by atoms with Gasteiger partial charge in [0.1, 0.15) is 0 Å². The first-order valence-corrected chi connectivity index (χ1v) is 4.26. The first kappa shape index (κ1) is 9.93. The van der Waals surface area contributed by atoms with Gasteiger partial charge in [-0.1, -0.05) is 23.7 Å². The fourth-order valence-corrected chi connectivity index (χ4v) is 1.13. The molecule has 0 saturated carbocycles. The van der Waals surface area contributed by atoms with Crippen molar-refractivity contribution in [2.75, 3.05) is 7.05 Å². The van der Waals surface area contributed by atoms with Crippen LogP contribution in [0.5, 0.6) is 0 Å². The van der Waals surface area contributed by atoms with E-state index in [0.29, 0.717) is 16.3 Å². The van der Waals surface area contributed by atoms with Crippen molar-refractivity contribution >= 4 is 23.1 Å². The highest BCUT2D eigenvalue weighted by Gasteiger charge is 2.08. The molecular formula is C10H10ClNO. The number of hydrogen-bond acceptors (Lipinski definition) is 2. The zero-order chi connectivity index (χ0) is 9.84. The minimum atomic E-state index is -0.0787. The summed E-state index contributed by atoms with van der Waals surface area (Å²) >= 11 is 5.74. The Bertz CT molecular complexity index is 358. The monoisotopic (exact) mass is 195 g/mol. The highest BCUT2D eigenvalue weighted by Crippen LogP contribution is 2.11. The summed E-state index contributed by atoms with van der Waals surface area (Å²) in [5, 5.41) is 0.565. The average molecular weight is 196 g/mol. The molecule has 0 heterocycles. The van der Waals surface area contributed by atoms with E-state index in [9.17, 15) is 4.79 Å². The average Bonchev–Trinajstić information content (AvgIpc) is 2.15. The first-order valence-electron chi connectivity index (χ1n) is 3.89. The van der Waals surface area contributed by atoms with E-state index in [-0.39, 0.29) is 5.78 Å². The standard InChI is InChI=1S/C10H10ClNO/c1-7(12-2)10(13)8-4-3-5-9(11)6-8/h3-6H,1-2H3. The van der Waals surface area contributed by atoms with Crippen molar-refractivity contribution < 1.29 is 4.79 Å². The second-order valence-corrected chi connectivity index (χ2v) is 3.08. The molecule has 68 valence electrons. The maximum atomic E-state index is 11.5. The summed E-state index contributed by atoms with van der Waals surface area (Å²) in [4.78, 5) is 15.4. The van der Waals surface area contributed by atoms with Gasteiger partial charge in [0.15, 0.2) is 0 Å². The Labute approximate surface area is 82.3 Å². The van der Waals surface area contributed by atoms with Crippen molar-refractivity contribution in [1.29, 1.82) is 0 Å². The van der Waals surface area contributed by atoms with Crippen LogP contribution in [0.25, 0.3) is 0 Å². The lowest BCUT2D eigenvalue weighted by molar-refractivity contribution is 0.106. The van der Waals surface area contributed by atoms with E-state index in [1.807, 2.05) is 0 Å². The Kier molecular flexibility index (Phi) is 3.20. The SMILES string of the molecule is CN=C(C)C(=O)c1cccc(Cl)c1. The van der Waals surface area contributed by atoms with Gasteiger partial charge in [-0.2, -0.15) is 0 Å². The van der Waals surface area contributed by atoms with Crippen LogP contribution in [0.1, 0.15) is 17.3 Å². The summed E-state index contributed by atoms with van der Waals surface area (Å²) in [5.41, 5.74) is 1.07. The van der Waals surface area contributed by atoms with E-state index >= 15 is 0 Å². The molecule has 0 aliphatic rings. The third-order valence-corrected chi connectivity index (χ3v) is 1.99. The Morgan fingerprint density at radius 2 is 2.15 bits per heavy atom. The van der Waals surface area contributed by atoms with Gasteiger partial charge < -0.3 is 0 Å². The van der Waals surface area contributed by atoms with Crippen LogP contribution in [0, 0.1) is 0 Å². The van der Waals surface area contributed by atoms with Crippen LogP contribution in [-0.4, -0.2) is 18.5 Å². The van der Waals surface area contributed by atoms with Crippen LogP contribution < -0.4 is 0 Å². The van der Waals surface area contributed by atoms with Gasteiger partial charge in [-0.05, 0) is 19.1 Å². The minimum Gasteiger partial charge on any atom is -0.289 e. The molecule has 1 rings (SSSR count). The van der Waals surface area contributed by atoms with Gasteiger partial charge in [0, 0.05) is 17.6 Å². The van der Waals surface area contributed by atoms with Gasteiger partial charge in [-0.15, -0.1) is 0 Å². The van der Waals surface area contributed by atoms with Crippen molar-refractivity contribution in [1.82, 2.24) is 0 Å². The molecule has 13 heavy (non-hydrogen) atoms. The van der Waals surface area contributed by atoms with Crippen LogP contribution >= 0.6 is 11.6 Å². The molecule has 0 amide bonds. The molecule has 0 N–H and O–H groups in total. The first-order chi connectivity index (χ1) is 6.15. The van der Waals surface area contributed by atoms with Gasteiger partial charge >= 0.3 is 0 Å². The van der Waals surface area contributed by atoms with Crippen LogP contribution in [0.4, 0.5) is 0 Å². The molecule has 0 aliphatic carbocycles. The zero-order valence-electron chi connectivity index (χ0n) is 7.54. The summed E-state index contributed by atoms with van der Waals surface area (Å²) in [5.74, 6) is -0.0787. The van der Waals surface area contributed by atoms with Crippen molar-refractivity contribution in [2.24, 2.45) is 4.99 Å². The summed E-state index contributed by atoms with van der Waals surface area (Å²) in [7, 11) is 1.60. The molecule has 0 unspecified atom stereocenters. The van der Waals surface area contributed by atoms with Gasteiger partial charge in [-0.25, -0.2) is 0 Å². The Hall–Kier alpha value is -1.15. The maximum absolute atomic E-state index is 11.5. The molecule has 0 saturated heterocycles. The number of hydrogen-bond donors (Lipinski definition) is 0. The summed E-state index contributed by atoms with van der Waals surface area (Å²) in [6, 6.07) is 6.84. The van der Waals surface area contributed by atoms with E-state index in [2.05, 4.69) is 4.99 Å². The molecule has 1 aromatic carbocycles. The fourth-order valence-electron chi connectivity index (χ4n) is 0.940. The zero-order valence-corrected chi connectivity index (χ0v) is 8.30. The third-order valence-electron chi connectivity index (χ3n) is 1.75. The molecule has 0 aromatic heterocycles. The minimum absolute atomic E-state index is 0.0787. The van der Waals surface area contributed by atoms with Gasteiger partial charge in [0.05, 0.1) is 5.71 Å². The van der Waals surface area contributed by atoms with Gasteiger partial charge in [0.2, 0.25) is 5.78 Å². The summed E-state index contributed by atoms with van der Waals surface area (Å²) in [6.07, 6.45) is 0. The number of Topliss-reactive ketones (excluding diaryl/α,β-unsaturated/α-hetero) is 1. The lowest BCUT2D eigenvalue weighted by Crippen LogP contribution is -2.09. The van der Waals surface area contributed by atoms with Crippen molar-refractivity contribution in [3.8, 4) is 0 Å². The number of aliphatic imine (C=N–C) groups is 1. The Morgan fingerprint density at radius 1 is 1.46 bits per heavy atom. The quantitative estimate of drug-likeness (QED) is 0.527. The maximum Gasteiger partial charge on any atom is 0.206 e. The molecule has 0 aliphatic heterocycles. The lowest BCUT2D eigenvalue weighted by Gasteiger charge is -1.99. The van der Waals surface area contributed by atoms with E-state index in [1.54, 1.807) is 38.2 Å². The number of nitrogens with zero attached hydrogens (tertiary/aromatic N) is 1. The van der Waals surface area contributed by atoms with Gasteiger partial charge in [-0.3, -0.25) is 9.79 Å². The molecule has 3 heteroatoms. The topological polar surface area (TPSA) is 29.4 Å². The predicted octanol–water partition coefficient (Wildman–Crippen LogP) is 2.61. The normalized spacial score (nSPS) is 11.5. The van der Waals surface area contributed by atoms with Crippen molar-refractivity contribution in [3.63, 3.8) is 0 Å². The number of ketones is 1. The smallest absolute Gasteiger partial charge is 0.206 e. The summed E-state index contributed by atoms with van der Waals surface area (Å²) in [6.45, 7) is 1.68. The van der Waals surface area contributed by atoms with Crippen LogP contribution in [-0.2, 0) is 0 Å². The van der Waals surface area contributed by atoms with E-state index < -0.39 is 0 Å². The molecule has 2 nitrogen and oxygen atoms in total.